The zero-order valence-electron chi connectivity index (χ0n) is 22.7. The first kappa shape index (κ1) is 31.0. The molecule has 1 N–H and O–H groups in total. The lowest BCUT2D eigenvalue weighted by molar-refractivity contribution is -0.142. The van der Waals surface area contributed by atoms with Crippen LogP contribution in [-0.2, 0) is 22.6 Å². The number of rotatable bonds is 12. The molecule has 3 rings (SSSR count). The fourth-order valence-corrected chi connectivity index (χ4v) is 5.07. The highest BCUT2D eigenvalue weighted by Gasteiger charge is 2.31. The molecule has 0 spiro atoms. The van der Waals surface area contributed by atoms with E-state index in [0.29, 0.717) is 40.2 Å². The van der Waals surface area contributed by atoms with Gasteiger partial charge in [0.05, 0.1) is 4.47 Å². The van der Waals surface area contributed by atoms with Gasteiger partial charge in [-0.1, -0.05) is 93.4 Å². The Labute approximate surface area is 250 Å². The van der Waals surface area contributed by atoms with Crippen LogP contribution in [-0.4, -0.2) is 35.9 Å². The minimum atomic E-state index is -0.804. The summed E-state index contributed by atoms with van der Waals surface area (Å²) in [6.45, 7) is 8.56. The van der Waals surface area contributed by atoms with Gasteiger partial charge in [-0.05, 0) is 63.2 Å². The maximum absolute atomic E-state index is 13.8. The van der Waals surface area contributed by atoms with Crippen LogP contribution in [0.5, 0.6) is 5.75 Å². The maximum atomic E-state index is 13.8. The van der Waals surface area contributed by atoms with Crippen molar-refractivity contribution in [3.63, 3.8) is 0 Å². The molecule has 8 heteroatoms. The van der Waals surface area contributed by atoms with Crippen LogP contribution in [0.1, 0.15) is 50.3 Å². The lowest BCUT2D eigenvalue weighted by Crippen LogP contribution is -2.52. The van der Waals surface area contributed by atoms with Crippen LogP contribution in [0.2, 0.25) is 10.0 Å². The van der Waals surface area contributed by atoms with Gasteiger partial charge in [0.25, 0.3) is 5.91 Å². The highest BCUT2D eigenvalue weighted by Crippen LogP contribution is 2.30. The summed E-state index contributed by atoms with van der Waals surface area (Å²) in [6.07, 6.45) is 0.325. The zero-order chi connectivity index (χ0) is 28.5. The molecule has 0 aromatic heterocycles. The summed E-state index contributed by atoms with van der Waals surface area (Å²) in [5.74, 6) is 0.560. The first-order valence-electron chi connectivity index (χ1n) is 13.0. The highest BCUT2D eigenvalue weighted by atomic mass is 79.9. The molecule has 0 radical (unpaired) electrons. The van der Waals surface area contributed by atoms with Crippen molar-refractivity contribution in [1.29, 1.82) is 0 Å². The first-order valence-corrected chi connectivity index (χ1v) is 14.6. The molecule has 5 nitrogen and oxygen atoms in total. The van der Waals surface area contributed by atoms with E-state index < -0.39 is 6.04 Å². The zero-order valence-corrected chi connectivity index (χ0v) is 25.8. The SMILES string of the molecule is CC(C)CNC(=O)[C@H](Cc1ccccc1)N(Cc1c(Cl)cccc1Cl)C(=O)COc1ccc(C(C)C)cc1Br. The summed E-state index contributed by atoms with van der Waals surface area (Å²) >= 11 is 16.6. The van der Waals surface area contributed by atoms with Gasteiger partial charge in [-0.15, -0.1) is 0 Å². The minimum absolute atomic E-state index is 0.0563. The predicted molar refractivity (Wildman–Crippen MR) is 163 cm³/mol. The number of carbonyl (C=O) groups is 2. The van der Waals surface area contributed by atoms with Crippen molar-refractivity contribution in [2.24, 2.45) is 5.92 Å². The lowest BCUT2D eigenvalue weighted by atomic mass is 10.0. The van der Waals surface area contributed by atoms with Crippen molar-refractivity contribution in [3.05, 3.63) is 97.9 Å². The number of amides is 2. The summed E-state index contributed by atoms with van der Waals surface area (Å²) in [7, 11) is 0. The van der Waals surface area contributed by atoms with E-state index in [9.17, 15) is 9.59 Å². The minimum Gasteiger partial charge on any atom is -0.483 e. The molecule has 2 amide bonds. The van der Waals surface area contributed by atoms with Gasteiger partial charge in [-0.2, -0.15) is 0 Å². The van der Waals surface area contributed by atoms with Gasteiger partial charge in [0.15, 0.2) is 6.61 Å². The van der Waals surface area contributed by atoms with Crippen LogP contribution < -0.4 is 10.1 Å². The number of halogens is 3. The number of ether oxygens (including phenoxy) is 1. The lowest BCUT2D eigenvalue weighted by Gasteiger charge is -2.32. The molecule has 0 bridgehead atoms. The Morgan fingerprint density at radius 1 is 0.949 bits per heavy atom. The summed E-state index contributed by atoms with van der Waals surface area (Å²) in [5, 5.41) is 3.86. The largest absolute Gasteiger partial charge is 0.483 e. The summed E-state index contributed by atoms with van der Waals surface area (Å²) in [5.41, 5.74) is 2.66. The van der Waals surface area contributed by atoms with Crippen molar-refractivity contribution in [2.75, 3.05) is 13.2 Å². The molecule has 0 saturated carbocycles. The van der Waals surface area contributed by atoms with Crippen LogP contribution in [0.4, 0.5) is 0 Å². The Kier molecular flexibility index (Phi) is 11.7. The number of nitrogens with one attached hydrogen (secondary N) is 1. The Bertz CT molecular complexity index is 1250. The molecule has 3 aromatic carbocycles. The van der Waals surface area contributed by atoms with Gasteiger partial charge in [0.2, 0.25) is 5.91 Å². The van der Waals surface area contributed by atoms with Gasteiger partial charge in [0.1, 0.15) is 11.8 Å². The predicted octanol–water partition coefficient (Wildman–Crippen LogP) is 7.67. The number of hydrogen-bond acceptors (Lipinski definition) is 3. The van der Waals surface area contributed by atoms with Crippen LogP contribution in [0.15, 0.2) is 71.2 Å². The van der Waals surface area contributed by atoms with Crippen LogP contribution in [0.3, 0.4) is 0 Å². The van der Waals surface area contributed by atoms with Crippen molar-refractivity contribution < 1.29 is 14.3 Å². The molecule has 39 heavy (non-hydrogen) atoms. The van der Waals surface area contributed by atoms with Crippen molar-refractivity contribution in [2.45, 2.75) is 52.6 Å². The molecule has 3 aromatic rings. The number of hydrogen-bond donors (Lipinski definition) is 1. The van der Waals surface area contributed by atoms with Crippen molar-refractivity contribution >= 4 is 50.9 Å². The second-order valence-electron chi connectivity index (χ2n) is 10.2. The molecule has 0 fully saturated rings. The van der Waals surface area contributed by atoms with E-state index in [1.165, 1.54) is 4.90 Å². The van der Waals surface area contributed by atoms with E-state index in [1.54, 1.807) is 18.2 Å². The standard InChI is InChI=1S/C31H35BrCl2N2O3/c1-20(2)17-35-31(38)28(15-22-9-6-5-7-10-22)36(18-24-26(33)11-8-12-27(24)34)30(37)19-39-29-14-13-23(21(3)4)16-25(29)32/h5-14,16,20-21,28H,15,17-19H2,1-4H3,(H,35,38)/t28-/m0/s1. The molecular weight excluding hydrogens is 599 g/mol. The van der Waals surface area contributed by atoms with Crippen molar-refractivity contribution in [3.8, 4) is 5.75 Å². The average molecular weight is 634 g/mol. The van der Waals surface area contributed by atoms with Gasteiger partial charge >= 0.3 is 0 Å². The van der Waals surface area contributed by atoms with E-state index in [1.807, 2.05) is 62.4 Å². The van der Waals surface area contributed by atoms with E-state index in [2.05, 4.69) is 35.1 Å². The van der Waals surface area contributed by atoms with Crippen LogP contribution in [0, 0.1) is 5.92 Å². The molecule has 208 valence electrons. The fourth-order valence-electron chi connectivity index (χ4n) is 4.05. The van der Waals surface area contributed by atoms with Crippen LogP contribution >= 0.6 is 39.1 Å². The quantitative estimate of drug-likeness (QED) is 0.223. The molecule has 1 atom stereocenters. The van der Waals surface area contributed by atoms with E-state index in [0.717, 1.165) is 15.6 Å². The van der Waals surface area contributed by atoms with Gasteiger partial charge in [-0.25, -0.2) is 0 Å². The van der Waals surface area contributed by atoms with E-state index in [-0.39, 0.29) is 30.9 Å². The van der Waals surface area contributed by atoms with Gasteiger partial charge < -0.3 is 15.0 Å². The molecule has 0 unspecified atom stereocenters. The number of nitrogens with zero attached hydrogens (tertiary/aromatic N) is 1. The molecule has 0 heterocycles. The third kappa shape index (κ3) is 8.99. The molecule has 0 aliphatic rings. The normalized spacial score (nSPS) is 11.9. The fraction of sp³-hybridized carbons (Fsp3) is 0.355. The Morgan fingerprint density at radius 3 is 2.21 bits per heavy atom. The van der Waals surface area contributed by atoms with Gasteiger partial charge in [-0.3, -0.25) is 9.59 Å². The second kappa shape index (κ2) is 14.7. The van der Waals surface area contributed by atoms with E-state index in [4.69, 9.17) is 27.9 Å². The summed E-state index contributed by atoms with van der Waals surface area (Å²) in [4.78, 5) is 28.9. The Morgan fingerprint density at radius 2 is 1.62 bits per heavy atom. The van der Waals surface area contributed by atoms with Crippen molar-refractivity contribution in [1.82, 2.24) is 10.2 Å². The maximum Gasteiger partial charge on any atom is 0.261 e. The third-order valence-electron chi connectivity index (χ3n) is 6.32. The molecule has 0 saturated heterocycles. The average Bonchev–Trinajstić information content (AvgIpc) is 2.90. The monoisotopic (exact) mass is 632 g/mol. The topological polar surface area (TPSA) is 58.6 Å². The molecule has 0 aliphatic heterocycles. The summed E-state index contributed by atoms with van der Waals surface area (Å²) in [6, 6.07) is 19.8. The smallest absolute Gasteiger partial charge is 0.261 e. The number of benzene rings is 3. The first-order chi connectivity index (χ1) is 18.6. The Hall–Kier alpha value is -2.54. The number of carbonyl (C=O) groups excluding carboxylic acids is 2. The second-order valence-corrected chi connectivity index (χ2v) is 11.9. The van der Waals surface area contributed by atoms with Crippen LogP contribution in [0.25, 0.3) is 0 Å². The molecule has 0 aliphatic carbocycles. The highest BCUT2D eigenvalue weighted by molar-refractivity contribution is 9.10. The third-order valence-corrected chi connectivity index (χ3v) is 7.65. The Balaban J connectivity index is 1.95. The summed E-state index contributed by atoms with van der Waals surface area (Å²) < 4.78 is 6.72. The van der Waals surface area contributed by atoms with Gasteiger partial charge in [0, 0.05) is 35.1 Å². The molecular formula is C31H35BrCl2N2O3. The van der Waals surface area contributed by atoms with E-state index >= 15 is 0 Å².